The van der Waals surface area contributed by atoms with Crippen molar-refractivity contribution in [2.75, 3.05) is 26.4 Å². The number of hydrogen-bond donors (Lipinski definition) is 2. The third-order valence-corrected chi connectivity index (χ3v) is 14.7. The Morgan fingerprint density at radius 1 is 0.397 bits per heavy atom. The number of unbranched alkanes of at least 4 members (excludes halogenated alkanes) is 31. The molecule has 0 aliphatic rings. The van der Waals surface area contributed by atoms with Gasteiger partial charge < -0.3 is 20.1 Å². The van der Waals surface area contributed by atoms with Crippen LogP contribution in [0.5, 0.6) is 0 Å². The average Bonchev–Trinajstić information content (AvgIpc) is 3.43. The van der Waals surface area contributed by atoms with Crippen LogP contribution in [0.4, 0.5) is 0 Å². The number of rotatable bonds is 60. The molecule has 3 N–H and O–H groups in total. The van der Waals surface area contributed by atoms with E-state index in [4.69, 9.17) is 24.3 Å². The summed E-state index contributed by atoms with van der Waals surface area (Å²) in [5, 5.41) is 0. The van der Waals surface area contributed by atoms with E-state index in [9.17, 15) is 19.0 Å². The molecule has 0 saturated heterocycles. The molecule has 0 amide bonds. The fraction of sp³-hybridized carbons (Fsp3) is 0.735. The Morgan fingerprint density at radius 2 is 0.705 bits per heavy atom. The minimum Gasteiger partial charge on any atom is -0.462 e. The molecule has 0 aromatic carbocycles. The fourth-order valence-electron chi connectivity index (χ4n) is 8.97. The summed E-state index contributed by atoms with van der Waals surface area (Å²) in [6.07, 6.45) is 85.0. The summed E-state index contributed by atoms with van der Waals surface area (Å²) in [4.78, 5) is 35.2. The van der Waals surface area contributed by atoms with E-state index in [-0.39, 0.29) is 32.6 Å². The number of allylic oxidation sites excluding steroid dienone is 16. The number of phosphoric acid groups is 1. The molecule has 0 aliphatic heterocycles. The highest BCUT2D eigenvalue weighted by molar-refractivity contribution is 7.47. The van der Waals surface area contributed by atoms with Crippen molar-refractivity contribution >= 4 is 19.8 Å². The summed E-state index contributed by atoms with van der Waals surface area (Å²) in [7, 11) is -4.39. The first-order chi connectivity index (χ1) is 38.3. The molecule has 0 rings (SSSR count). The van der Waals surface area contributed by atoms with Gasteiger partial charge in [-0.25, -0.2) is 4.57 Å². The molecule has 10 heteroatoms. The average molecular weight is 1110 g/mol. The maximum Gasteiger partial charge on any atom is 0.472 e. The number of carbonyl (C=O) groups is 2. The van der Waals surface area contributed by atoms with Crippen LogP contribution in [-0.2, 0) is 32.7 Å². The lowest BCUT2D eigenvalue weighted by Gasteiger charge is -2.19. The van der Waals surface area contributed by atoms with Gasteiger partial charge in [-0.3, -0.25) is 18.6 Å². The highest BCUT2D eigenvalue weighted by Crippen LogP contribution is 2.43. The van der Waals surface area contributed by atoms with Gasteiger partial charge in [0, 0.05) is 19.4 Å². The highest BCUT2D eigenvalue weighted by Gasteiger charge is 2.26. The van der Waals surface area contributed by atoms with E-state index >= 15 is 0 Å². The maximum atomic E-state index is 12.7. The van der Waals surface area contributed by atoms with Gasteiger partial charge in [0.05, 0.1) is 13.2 Å². The van der Waals surface area contributed by atoms with E-state index < -0.39 is 32.5 Å². The zero-order chi connectivity index (χ0) is 56.6. The van der Waals surface area contributed by atoms with Crippen molar-refractivity contribution in [2.45, 2.75) is 296 Å². The molecule has 2 unspecified atom stereocenters. The summed E-state index contributed by atoms with van der Waals surface area (Å²) in [6.45, 7) is 3.61. The van der Waals surface area contributed by atoms with Gasteiger partial charge in [0.25, 0.3) is 0 Å². The third kappa shape index (κ3) is 62.1. The number of nitrogens with two attached hydrogens (primary N) is 1. The van der Waals surface area contributed by atoms with Crippen molar-refractivity contribution in [3.63, 3.8) is 0 Å². The van der Waals surface area contributed by atoms with Gasteiger partial charge in [-0.1, -0.05) is 278 Å². The number of hydrogen-bond acceptors (Lipinski definition) is 8. The summed E-state index contributed by atoms with van der Waals surface area (Å²) in [5.41, 5.74) is 5.38. The summed E-state index contributed by atoms with van der Waals surface area (Å²) in [6, 6.07) is 0. The van der Waals surface area contributed by atoms with E-state index in [1.54, 1.807) is 0 Å². The topological polar surface area (TPSA) is 134 Å². The van der Waals surface area contributed by atoms with Crippen LogP contribution in [0, 0.1) is 0 Å². The van der Waals surface area contributed by atoms with Crippen LogP contribution in [0.25, 0.3) is 0 Å². The first-order valence-electron chi connectivity index (χ1n) is 32.2. The Balaban J connectivity index is 3.80. The zero-order valence-corrected chi connectivity index (χ0v) is 51.3. The van der Waals surface area contributed by atoms with Crippen LogP contribution in [0.1, 0.15) is 290 Å². The molecule has 0 aromatic rings. The second-order valence-electron chi connectivity index (χ2n) is 21.2. The summed E-state index contributed by atoms with van der Waals surface area (Å²) in [5.74, 6) is -0.836. The predicted molar refractivity (Wildman–Crippen MR) is 335 cm³/mol. The standard InChI is InChI=1S/C68H120NO8P/c1-3-5-7-9-11-13-15-17-19-21-22-23-24-25-26-27-28-29-30-31-32-33-34-35-36-37-38-39-40-41-42-43-44-45-47-49-51-53-55-57-59-61-68(71)77-66(65-76-78(72,73)75-63-62-69)64-74-67(70)60-58-56-54-52-50-48-46-20-18-16-14-12-10-8-6-4-2/h5,7,11,13-14,16-17,19-20,22-23,25-26,28-29,46,66H,3-4,6,8-10,12,15,18,21,24,27,30-45,47-65,69H2,1-2H3,(H,72,73)/b7-5-,13-11-,16-14-,19-17-,23-22-,26-25-,29-28-,46-20-. The second-order valence-corrected chi connectivity index (χ2v) is 22.7. The minimum absolute atomic E-state index is 0.0500. The second kappa shape index (κ2) is 63.1. The maximum absolute atomic E-state index is 12.7. The molecule has 0 aromatic heterocycles. The predicted octanol–water partition coefficient (Wildman–Crippen LogP) is 20.8. The molecular weight excluding hydrogens is 990 g/mol. The monoisotopic (exact) mass is 1110 g/mol. The molecule has 0 bridgehead atoms. The van der Waals surface area contributed by atoms with Gasteiger partial charge in [0.1, 0.15) is 6.61 Å². The normalized spacial score (nSPS) is 13.6. The van der Waals surface area contributed by atoms with E-state index in [0.29, 0.717) is 12.8 Å². The number of esters is 2. The van der Waals surface area contributed by atoms with Crippen molar-refractivity contribution in [3.05, 3.63) is 97.2 Å². The Bertz CT molecular complexity index is 1600. The quantitative estimate of drug-likeness (QED) is 0.0264. The smallest absolute Gasteiger partial charge is 0.462 e. The van der Waals surface area contributed by atoms with Crippen molar-refractivity contribution in [1.82, 2.24) is 0 Å². The number of carbonyl (C=O) groups excluding carboxylic acids is 2. The molecule has 78 heavy (non-hydrogen) atoms. The van der Waals surface area contributed by atoms with Crippen LogP contribution < -0.4 is 5.73 Å². The Hall–Kier alpha value is -3.07. The van der Waals surface area contributed by atoms with Gasteiger partial charge in [0.2, 0.25) is 0 Å². The van der Waals surface area contributed by atoms with Crippen molar-refractivity contribution in [2.24, 2.45) is 5.73 Å². The van der Waals surface area contributed by atoms with E-state index in [0.717, 1.165) is 96.3 Å². The number of phosphoric ester groups is 1. The molecule has 2 atom stereocenters. The van der Waals surface area contributed by atoms with E-state index in [2.05, 4.69) is 111 Å². The Morgan fingerprint density at radius 3 is 1.05 bits per heavy atom. The summed E-state index contributed by atoms with van der Waals surface area (Å²) >= 11 is 0. The summed E-state index contributed by atoms with van der Waals surface area (Å²) < 4.78 is 33.0. The molecule has 0 fully saturated rings. The van der Waals surface area contributed by atoms with Crippen LogP contribution in [0.2, 0.25) is 0 Å². The molecule has 9 nitrogen and oxygen atoms in total. The molecule has 0 radical (unpaired) electrons. The van der Waals surface area contributed by atoms with Crippen LogP contribution in [0.15, 0.2) is 97.2 Å². The molecular formula is C68H120NO8P. The minimum atomic E-state index is -4.39. The first-order valence-corrected chi connectivity index (χ1v) is 33.7. The van der Waals surface area contributed by atoms with Crippen LogP contribution in [-0.4, -0.2) is 49.3 Å². The van der Waals surface area contributed by atoms with Gasteiger partial charge in [0.15, 0.2) is 6.10 Å². The lowest BCUT2D eigenvalue weighted by molar-refractivity contribution is -0.161. The van der Waals surface area contributed by atoms with Crippen molar-refractivity contribution < 1.29 is 37.6 Å². The molecule has 0 heterocycles. The van der Waals surface area contributed by atoms with Crippen molar-refractivity contribution in [3.8, 4) is 0 Å². The van der Waals surface area contributed by atoms with Gasteiger partial charge in [-0.15, -0.1) is 0 Å². The van der Waals surface area contributed by atoms with Gasteiger partial charge in [-0.2, -0.15) is 0 Å². The van der Waals surface area contributed by atoms with Gasteiger partial charge in [-0.05, 0) is 96.3 Å². The molecule has 0 aliphatic carbocycles. The lowest BCUT2D eigenvalue weighted by Crippen LogP contribution is -2.29. The highest BCUT2D eigenvalue weighted by atomic mass is 31.2. The largest absolute Gasteiger partial charge is 0.472 e. The third-order valence-electron chi connectivity index (χ3n) is 13.7. The van der Waals surface area contributed by atoms with E-state index in [1.807, 2.05) is 0 Å². The SMILES string of the molecule is CC/C=C\C/C=C\C/C=C\C/C=C\C/C=C\C/C=C\CCCCCCCCCCCCCCCCCCCCCCCCC(=O)OC(COC(=O)CCCCCCC/C=C\C/C=C\CCCCCC)COP(=O)(O)OCCN. The Kier molecular flexibility index (Phi) is 60.6. The fourth-order valence-corrected chi connectivity index (χ4v) is 9.73. The first kappa shape index (κ1) is 74.9. The van der Waals surface area contributed by atoms with Crippen molar-refractivity contribution in [1.29, 1.82) is 0 Å². The molecule has 450 valence electrons. The zero-order valence-electron chi connectivity index (χ0n) is 50.4. The number of ether oxygens (including phenoxy) is 2. The van der Waals surface area contributed by atoms with Gasteiger partial charge >= 0.3 is 19.8 Å². The van der Waals surface area contributed by atoms with E-state index in [1.165, 1.54) is 154 Å². The molecule has 0 saturated carbocycles. The molecule has 0 spiro atoms. The van der Waals surface area contributed by atoms with Crippen LogP contribution in [0.3, 0.4) is 0 Å². The van der Waals surface area contributed by atoms with Crippen LogP contribution >= 0.6 is 7.82 Å². The lowest BCUT2D eigenvalue weighted by atomic mass is 10.0. The Labute approximate surface area is 480 Å².